The summed E-state index contributed by atoms with van der Waals surface area (Å²) in [6.45, 7) is 0. The molecule has 29 heavy (non-hydrogen) atoms. The molecule has 2 N–H and O–H groups in total. The molecular formula is C22H18N2O5. The van der Waals surface area contributed by atoms with E-state index in [1.807, 2.05) is 18.2 Å². The molecule has 0 bridgehead atoms. The molecule has 0 spiro atoms. The smallest absolute Gasteiger partial charge is 0.337 e. The number of benzene rings is 2. The topological polar surface area (TPSA) is 97.6 Å². The zero-order valence-electron chi connectivity index (χ0n) is 15.5. The maximum absolute atomic E-state index is 12.8. The molecule has 2 amide bonds. The van der Waals surface area contributed by atoms with Crippen molar-refractivity contribution < 1.29 is 23.5 Å². The summed E-state index contributed by atoms with van der Waals surface area (Å²) in [5, 5.41) is 5.26. The van der Waals surface area contributed by atoms with Crippen LogP contribution in [-0.4, -0.2) is 24.9 Å². The number of hydrogen-bond donors (Lipinski definition) is 2. The monoisotopic (exact) mass is 390 g/mol. The Hall–Kier alpha value is -4.13. The van der Waals surface area contributed by atoms with Gasteiger partial charge in [-0.25, -0.2) is 4.79 Å². The molecule has 3 aromatic rings. The van der Waals surface area contributed by atoms with Crippen molar-refractivity contribution in [2.75, 3.05) is 12.4 Å². The Balaban J connectivity index is 1.81. The first-order valence-electron chi connectivity index (χ1n) is 8.68. The lowest BCUT2D eigenvalue weighted by Gasteiger charge is -2.11. The van der Waals surface area contributed by atoms with Crippen LogP contribution in [0.2, 0.25) is 0 Å². The van der Waals surface area contributed by atoms with Crippen LogP contribution in [0, 0.1) is 0 Å². The predicted octanol–water partition coefficient (Wildman–Crippen LogP) is 3.48. The minimum Gasteiger partial charge on any atom is -0.465 e. The van der Waals surface area contributed by atoms with Gasteiger partial charge in [0, 0.05) is 5.69 Å². The van der Waals surface area contributed by atoms with Crippen molar-refractivity contribution in [1.29, 1.82) is 0 Å². The second kappa shape index (κ2) is 9.18. The third-order valence-corrected chi connectivity index (χ3v) is 3.91. The summed E-state index contributed by atoms with van der Waals surface area (Å²) in [6, 6.07) is 18.4. The Kier molecular flexibility index (Phi) is 6.22. The number of amides is 2. The minimum atomic E-state index is -0.548. The number of ether oxygens (including phenoxy) is 1. The quantitative estimate of drug-likeness (QED) is 0.496. The average molecular weight is 390 g/mol. The fourth-order valence-corrected chi connectivity index (χ4v) is 2.47. The van der Waals surface area contributed by atoms with Crippen molar-refractivity contribution in [1.82, 2.24) is 5.32 Å². The Bertz CT molecular complexity index is 1020. The molecule has 0 unspecified atom stereocenters. The normalized spacial score (nSPS) is 10.9. The Morgan fingerprint density at radius 1 is 0.931 bits per heavy atom. The van der Waals surface area contributed by atoms with Gasteiger partial charge in [0.15, 0.2) is 5.76 Å². The van der Waals surface area contributed by atoms with Gasteiger partial charge < -0.3 is 19.8 Å². The van der Waals surface area contributed by atoms with E-state index in [2.05, 4.69) is 15.4 Å². The van der Waals surface area contributed by atoms with Crippen LogP contribution in [-0.2, 0) is 9.53 Å². The lowest BCUT2D eigenvalue weighted by atomic mass is 10.1. The molecule has 0 aliphatic carbocycles. The van der Waals surface area contributed by atoms with E-state index in [0.717, 1.165) is 5.56 Å². The van der Waals surface area contributed by atoms with Crippen molar-refractivity contribution in [3.8, 4) is 0 Å². The lowest BCUT2D eigenvalue weighted by molar-refractivity contribution is -0.113. The highest BCUT2D eigenvalue weighted by atomic mass is 16.5. The van der Waals surface area contributed by atoms with Gasteiger partial charge in [0.1, 0.15) is 5.70 Å². The van der Waals surface area contributed by atoms with Crippen LogP contribution < -0.4 is 10.6 Å². The van der Waals surface area contributed by atoms with E-state index in [4.69, 9.17) is 4.42 Å². The van der Waals surface area contributed by atoms with Crippen molar-refractivity contribution in [2.24, 2.45) is 0 Å². The summed E-state index contributed by atoms with van der Waals surface area (Å²) in [5.74, 6) is -1.47. The number of anilines is 1. The summed E-state index contributed by atoms with van der Waals surface area (Å²) >= 11 is 0. The number of nitrogens with one attached hydrogen (secondary N) is 2. The summed E-state index contributed by atoms with van der Waals surface area (Å²) in [4.78, 5) is 36.6. The number of hydrogen-bond acceptors (Lipinski definition) is 5. The van der Waals surface area contributed by atoms with Crippen LogP contribution in [0.5, 0.6) is 0 Å². The van der Waals surface area contributed by atoms with E-state index in [1.54, 1.807) is 36.4 Å². The highest BCUT2D eigenvalue weighted by Gasteiger charge is 2.17. The third kappa shape index (κ3) is 5.20. The second-order valence-corrected chi connectivity index (χ2v) is 5.92. The van der Waals surface area contributed by atoms with Gasteiger partial charge in [-0.1, -0.05) is 30.3 Å². The van der Waals surface area contributed by atoms with Crippen molar-refractivity contribution in [2.45, 2.75) is 0 Å². The van der Waals surface area contributed by atoms with E-state index in [1.165, 1.54) is 31.6 Å². The molecule has 0 saturated heterocycles. The molecule has 0 aliphatic heterocycles. The Morgan fingerprint density at radius 2 is 1.66 bits per heavy atom. The maximum Gasteiger partial charge on any atom is 0.337 e. The van der Waals surface area contributed by atoms with Gasteiger partial charge in [-0.3, -0.25) is 9.59 Å². The fourth-order valence-electron chi connectivity index (χ4n) is 2.47. The summed E-state index contributed by atoms with van der Waals surface area (Å²) < 4.78 is 9.73. The molecule has 1 heterocycles. The van der Waals surface area contributed by atoms with Gasteiger partial charge in [0.05, 0.1) is 18.9 Å². The number of rotatable bonds is 6. The van der Waals surface area contributed by atoms with Gasteiger partial charge in [0.25, 0.3) is 11.8 Å². The van der Waals surface area contributed by atoms with Crippen molar-refractivity contribution in [3.05, 3.63) is 95.6 Å². The Labute approximate surface area is 167 Å². The van der Waals surface area contributed by atoms with Crippen molar-refractivity contribution in [3.63, 3.8) is 0 Å². The van der Waals surface area contributed by atoms with E-state index < -0.39 is 17.8 Å². The van der Waals surface area contributed by atoms with Crippen LogP contribution in [0.3, 0.4) is 0 Å². The number of methoxy groups -OCH3 is 1. The number of carbonyl (C=O) groups excluding carboxylic acids is 3. The molecule has 2 aromatic carbocycles. The summed E-state index contributed by atoms with van der Waals surface area (Å²) in [7, 11) is 1.29. The first kappa shape index (κ1) is 19.6. The lowest BCUT2D eigenvalue weighted by Crippen LogP contribution is -2.30. The highest BCUT2D eigenvalue weighted by molar-refractivity contribution is 6.10. The molecule has 0 aliphatic rings. The van der Waals surface area contributed by atoms with Crippen LogP contribution >= 0.6 is 0 Å². The van der Waals surface area contributed by atoms with Crippen LogP contribution in [0.4, 0.5) is 5.69 Å². The molecule has 7 nitrogen and oxygen atoms in total. The maximum atomic E-state index is 12.8. The molecule has 146 valence electrons. The molecular weight excluding hydrogens is 372 g/mol. The van der Waals surface area contributed by atoms with E-state index in [-0.39, 0.29) is 11.5 Å². The SMILES string of the molecule is COC(=O)c1ccc(NC(=O)C(=Cc2ccccc2)NC(=O)c2ccco2)cc1. The first-order valence-corrected chi connectivity index (χ1v) is 8.68. The number of esters is 1. The van der Waals surface area contributed by atoms with Crippen LogP contribution in [0.1, 0.15) is 26.5 Å². The predicted molar refractivity (Wildman–Crippen MR) is 107 cm³/mol. The summed E-state index contributed by atoms with van der Waals surface area (Å²) in [5.41, 5.74) is 1.58. The second-order valence-electron chi connectivity index (χ2n) is 5.92. The van der Waals surface area contributed by atoms with E-state index in [9.17, 15) is 14.4 Å². The zero-order chi connectivity index (χ0) is 20.6. The highest BCUT2D eigenvalue weighted by Crippen LogP contribution is 2.13. The third-order valence-electron chi connectivity index (χ3n) is 3.91. The number of carbonyl (C=O) groups is 3. The zero-order valence-corrected chi connectivity index (χ0v) is 15.5. The molecule has 0 saturated carbocycles. The van der Waals surface area contributed by atoms with Gasteiger partial charge in [0.2, 0.25) is 0 Å². The summed E-state index contributed by atoms with van der Waals surface area (Å²) in [6.07, 6.45) is 2.93. The largest absolute Gasteiger partial charge is 0.465 e. The molecule has 0 fully saturated rings. The first-order chi connectivity index (χ1) is 14.1. The van der Waals surface area contributed by atoms with Gasteiger partial charge in [-0.15, -0.1) is 0 Å². The van der Waals surface area contributed by atoms with Gasteiger partial charge in [-0.2, -0.15) is 0 Å². The fraction of sp³-hybridized carbons (Fsp3) is 0.0455. The Morgan fingerprint density at radius 3 is 2.28 bits per heavy atom. The molecule has 3 rings (SSSR count). The van der Waals surface area contributed by atoms with E-state index in [0.29, 0.717) is 11.3 Å². The van der Waals surface area contributed by atoms with Crippen LogP contribution in [0.25, 0.3) is 6.08 Å². The average Bonchev–Trinajstić information content (AvgIpc) is 3.29. The van der Waals surface area contributed by atoms with E-state index >= 15 is 0 Å². The van der Waals surface area contributed by atoms with Crippen molar-refractivity contribution >= 4 is 29.5 Å². The van der Waals surface area contributed by atoms with Gasteiger partial charge in [-0.05, 0) is 48.0 Å². The van der Waals surface area contributed by atoms with Gasteiger partial charge >= 0.3 is 5.97 Å². The molecule has 0 radical (unpaired) electrons. The molecule has 0 atom stereocenters. The molecule has 1 aromatic heterocycles. The minimum absolute atomic E-state index is 0.0367. The standard InChI is InChI=1S/C22H18N2O5/c1-28-22(27)16-9-11-17(12-10-16)23-20(25)18(14-15-6-3-2-4-7-15)24-21(26)19-8-5-13-29-19/h2-14H,1H3,(H,23,25)(H,24,26). The molecule has 7 heteroatoms. The van der Waals surface area contributed by atoms with Crippen LogP contribution in [0.15, 0.2) is 83.1 Å². The number of furan rings is 1.